The van der Waals surface area contributed by atoms with Crippen LogP contribution in [0, 0.1) is 6.92 Å². The zero-order valence-electron chi connectivity index (χ0n) is 20.1. The van der Waals surface area contributed by atoms with Gasteiger partial charge in [0.05, 0.1) is 5.52 Å². The molecule has 3 aromatic carbocycles. The van der Waals surface area contributed by atoms with Crippen molar-refractivity contribution in [2.75, 3.05) is 13.2 Å². The second kappa shape index (κ2) is 12.7. The smallest absolute Gasteiger partial charge is 0.313 e. The van der Waals surface area contributed by atoms with E-state index in [2.05, 4.69) is 84.0 Å². The molecule has 0 fully saturated rings. The van der Waals surface area contributed by atoms with Crippen molar-refractivity contribution < 1.29 is 14.0 Å². The lowest BCUT2D eigenvalue weighted by molar-refractivity contribution is 0.276. The number of nitrogens with zero attached hydrogens (tertiary/aromatic N) is 1. The van der Waals surface area contributed by atoms with Gasteiger partial charge in [-0.25, -0.2) is 0 Å². The van der Waals surface area contributed by atoms with Gasteiger partial charge in [0.1, 0.15) is 6.61 Å². The van der Waals surface area contributed by atoms with E-state index in [0.29, 0.717) is 19.5 Å². The number of aromatic nitrogens is 1. The lowest BCUT2D eigenvalue weighted by Gasteiger charge is -2.12. The third-order valence-corrected chi connectivity index (χ3v) is 6.71. The van der Waals surface area contributed by atoms with Gasteiger partial charge in [-0.1, -0.05) is 66.7 Å². The van der Waals surface area contributed by atoms with Crippen molar-refractivity contribution in [2.45, 2.75) is 39.2 Å². The Balaban J connectivity index is 1.40. The molecule has 1 heterocycles. The van der Waals surface area contributed by atoms with E-state index in [0.717, 1.165) is 35.7 Å². The van der Waals surface area contributed by atoms with Crippen molar-refractivity contribution in [2.24, 2.45) is 0 Å². The molecule has 0 bridgehead atoms. The Morgan fingerprint density at radius 1 is 0.914 bits per heavy atom. The third-order valence-electron chi connectivity index (χ3n) is 6.31. The second-order valence-electron chi connectivity index (χ2n) is 8.75. The molecule has 1 unspecified atom stereocenters. The van der Waals surface area contributed by atoms with E-state index in [1.54, 1.807) is 0 Å². The van der Waals surface area contributed by atoms with Crippen LogP contribution in [-0.4, -0.2) is 23.0 Å². The Hall–Kier alpha value is -2.95. The number of aryl methyl sites for hydroxylation is 3. The van der Waals surface area contributed by atoms with E-state index < -0.39 is 8.25 Å². The molecule has 1 atom stereocenters. The molecule has 6 heteroatoms. The summed E-state index contributed by atoms with van der Waals surface area (Å²) < 4.78 is 15.3. The summed E-state index contributed by atoms with van der Waals surface area (Å²) in [6.45, 7) is 3.82. The van der Waals surface area contributed by atoms with Crippen LogP contribution in [0.15, 0.2) is 79.0 Å². The fourth-order valence-electron chi connectivity index (χ4n) is 4.41. The van der Waals surface area contributed by atoms with Crippen LogP contribution >= 0.6 is 8.25 Å². The van der Waals surface area contributed by atoms with Gasteiger partial charge in [-0.05, 0) is 78.6 Å². The minimum absolute atomic E-state index is 0.262. The normalized spacial score (nSPS) is 11.7. The number of hydrogen-bond donors (Lipinski definition) is 2. The minimum Gasteiger partial charge on any atom is -0.313 e. The topological polar surface area (TPSA) is 71.5 Å². The van der Waals surface area contributed by atoms with Gasteiger partial charge in [0, 0.05) is 22.7 Å². The molecular formula is C29H32N2O3P+. The number of fused-ring (bicyclic) bond motifs is 1. The van der Waals surface area contributed by atoms with Crippen LogP contribution in [0.25, 0.3) is 22.0 Å². The summed E-state index contributed by atoms with van der Waals surface area (Å²) in [5.74, 6) is 0. The van der Waals surface area contributed by atoms with Gasteiger partial charge in [0.15, 0.2) is 0 Å². The highest BCUT2D eigenvalue weighted by Gasteiger charge is 2.11. The molecule has 0 aliphatic rings. The van der Waals surface area contributed by atoms with E-state index in [1.165, 1.54) is 27.8 Å². The molecule has 0 radical (unpaired) electrons. The van der Waals surface area contributed by atoms with E-state index >= 15 is 0 Å². The molecule has 2 N–H and O–H groups in total. The van der Waals surface area contributed by atoms with Gasteiger partial charge in [0.2, 0.25) is 0 Å². The second-order valence-corrected chi connectivity index (χ2v) is 9.48. The van der Waals surface area contributed by atoms with Gasteiger partial charge in [0.25, 0.3) is 0 Å². The number of benzene rings is 3. The maximum Gasteiger partial charge on any atom is 0.694 e. The van der Waals surface area contributed by atoms with Crippen LogP contribution < -0.4 is 5.32 Å². The zero-order valence-corrected chi connectivity index (χ0v) is 21.0. The molecule has 0 spiro atoms. The predicted molar refractivity (Wildman–Crippen MR) is 142 cm³/mol. The van der Waals surface area contributed by atoms with E-state index in [4.69, 9.17) is 9.42 Å². The molecule has 4 rings (SSSR count). The van der Waals surface area contributed by atoms with Crippen molar-refractivity contribution in [1.29, 1.82) is 0 Å². The van der Waals surface area contributed by atoms with Crippen molar-refractivity contribution in [3.63, 3.8) is 0 Å². The first-order chi connectivity index (χ1) is 17.1. The average Bonchev–Trinajstić information content (AvgIpc) is 2.87. The summed E-state index contributed by atoms with van der Waals surface area (Å²) in [6, 6.07) is 26.0. The fraction of sp³-hybridized carbons (Fsp3) is 0.276. The molecule has 5 nitrogen and oxygen atoms in total. The highest BCUT2D eigenvalue weighted by Crippen LogP contribution is 2.30. The highest BCUT2D eigenvalue weighted by molar-refractivity contribution is 7.32. The van der Waals surface area contributed by atoms with Crippen LogP contribution in [0.4, 0.5) is 0 Å². The van der Waals surface area contributed by atoms with Crippen LogP contribution in [0.3, 0.4) is 0 Å². The summed E-state index contributed by atoms with van der Waals surface area (Å²) in [6.07, 6.45) is 5.82. The molecule has 0 saturated carbocycles. The van der Waals surface area contributed by atoms with Crippen molar-refractivity contribution in [3.05, 3.63) is 101 Å². The molecule has 180 valence electrons. The highest BCUT2D eigenvalue weighted by atomic mass is 31.1. The fourth-order valence-corrected chi connectivity index (χ4v) is 4.70. The summed E-state index contributed by atoms with van der Waals surface area (Å²) in [4.78, 5) is 13.4. The molecule has 0 amide bonds. The average molecular weight is 488 g/mol. The summed E-state index contributed by atoms with van der Waals surface area (Å²) in [7, 11) is -2.52. The van der Waals surface area contributed by atoms with Gasteiger partial charge >= 0.3 is 8.25 Å². The van der Waals surface area contributed by atoms with Gasteiger partial charge in [-0.15, -0.1) is 9.42 Å². The van der Waals surface area contributed by atoms with Crippen LogP contribution in [0.5, 0.6) is 0 Å². The summed E-state index contributed by atoms with van der Waals surface area (Å²) >= 11 is 0. The molecule has 4 aromatic rings. The van der Waals surface area contributed by atoms with E-state index in [9.17, 15) is 4.57 Å². The van der Waals surface area contributed by atoms with Gasteiger partial charge < -0.3 is 5.32 Å². The SMILES string of the molecule is Cc1ccccc1CCCc1ccc(-c2ccc(CNCCCO[P+](=O)O)c3ncccc23)cc1. The number of hydrogen-bond acceptors (Lipinski definition) is 4. The standard InChI is InChI=1S/C29H31N2O3P/c1-22-7-2-3-9-24(22)10-4-8-23-12-14-25(15-13-23)27-17-16-26(29-28(27)11-5-19-31-29)21-30-18-6-20-34-35(32)33/h2-3,5,7,9,11-17,19,30H,4,6,8,10,18,20-21H2,1H3/p+1. The zero-order chi connectivity index (χ0) is 24.5. The summed E-state index contributed by atoms with van der Waals surface area (Å²) in [5.41, 5.74) is 8.67. The van der Waals surface area contributed by atoms with Gasteiger partial charge in [-0.3, -0.25) is 4.98 Å². The third kappa shape index (κ3) is 7.03. The Morgan fingerprint density at radius 2 is 1.74 bits per heavy atom. The van der Waals surface area contributed by atoms with Crippen LogP contribution in [0.2, 0.25) is 0 Å². The van der Waals surface area contributed by atoms with Crippen LogP contribution in [0.1, 0.15) is 35.1 Å². The lowest BCUT2D eigenvalue weighted by atomic mass is 9.95. The summed E-state index contributed by atoms with van der Waals surface area (Å²) in [5, 5.41) is 4.51. The van der Waals surface area contributed by atoms with Crippen molar-refractivity contribution in [1.82, 2.24) is 10.3 Å². The first-order valence-electron chi connectivity index (χ1n) is 12.1. The monoisotopic (exact) mass is 487 g/mol. The maximum absolute atomic E-state index is 10.6. The molecule has 0 aliphatic carbocycles. The Labute approximate surface area is 208 Å². The van der Waals surface area contributed by atoms with E-state index in [1.807, 2.05) is 12.3 Å². The molecule has 35 heavy (non-hydrogen) atoms. The Morgan fingerprint density at radius 3 is 2.54 bits per heavy atom. The van der Waals surface area contributed by atoms with Crippen molar-refractivity contribution >= 4 is 19.2 Å². The molecule has 1 aromatic heterocycles. The van der Waals surface area contributed by atoms with E-state index in [-0.39, 0.29) is 6.61 Å². The minimum atomic E-state index is -2.52. The molecule has 0 saturated heterocycles. The largest absolute Gasteiger partial charge is 0.694 e. The Kier molecular flexibility index (Phi) is 9.10. The van der Waals surface area contributed by atoms with Crippen LogP contribution in [-0.2, 0) is 28.5 Å². The maximum atomic E-state index is 10.6. The first kappa shape index (κ1) is 25.2. The number of nitrogens with one attached hydrogen (secondary N) is 1. The number of rotatable bonds is 12. The predicted octanol–water partition coefficient (Wildman–Crippen LogP) is 6.53. The number of pyridine rings is 1. The van der Waals surface area contributed by atoms with Gasteiger partial charge in [-0.2, -0.15) is 0 Å². The lowest BCUT2D eigenvalue weighted by Crippen LogP contribution is -2.16. The molecular weight excluding hydrogens is 455 g/mol. The van der Waals surface area contributed by atoms with Crippen molar-refractivity contribution in [3.8, 4) is 11.1 Å². The first-order valence-corrected chi connectivity index (χ1v) is 13.2. The molecule has 0 aliphatic heterocycles. The Bertz CT molecular complexity index is 1270. The quantitative estimate of drug-likeness (QED) is 0.176.